The number of amides is 1. The summed E-state index contributed by atoms with van der Waals surface area (Å²) in [6.45, 7) is 18.7. The highest BCUT2D eigenvalue weighted by atomic mass is 28.4. The number of carbonyl (C=O) groups excluding carboxylic acids is 1. The molecule has 2 atom stereocenters. The van der Waals surface area contributed by atoms with Gasteiger partial charge >= 0.3 is 6.09 Å². The van der Waals surface area contributed by atoms with Crippen LogP contribution in [-0.2, 0) is 13.9 Å². The molecule has 0 aromatic carbocycles. The summed E-state index contributed by atoms with van der Waals surface area (Å²) in [7, 11) is -1.78. The Morgan fingerprint density at radius 3 is 2.35 bits per heavy atom. The first kappa shape index (κ1) is 20.5. The molecule has 0 aromatic rings. The zero-order chi connectivity index (χ0) is 17.9. The summed E-state index contributed by atoms with van der Waals surface area (Å²) < 4.78 is 17.2. The van der Waals surface area contributed by atoms with E-state index in [2.05, 4.69) is 39.2 Å². The van der Waals surface area contributed by atoms with Crippen LogP contribution in [0.3, 0.4) is 0 Å². The molecule has 1 heterocycles. The first-order chi connectivity index (χ1) is 10.3. The van der Waals surface area contributed by atoms with Crippen molar-refractivity contribution >= 4 is 14.4 Å². The third-order valence-electron chi connectivity index (χ3n) is 4.67. The Morgan fingerprint density at radius 2 is 1.83 bits per heavy atom. The molecular weight excluding hydrogens is 310 g/mol. The molecule has 0 unspecified atom stereocenters. The zero-order valence-electron chi connectivity index (χ0n) is 16.1. The average Bonchev–Trinajstić information content (AvgIpc) is 2.34. The Kier molecular flexibility index (Phi) is 6.70. The second-order valence-corrected chi connectivity index (χ2v) is 13.8. The molecule has 1 N–H and O–H groups in total. The van der Waals surface area contributed by atoms with E-state index in [0.29, 0.717) is 13.2 Å². The minimum absolute atomic E-state index is 0.0524. The molecule has 1 rings (SSSR count). The minimum atomic E-state index is -1.78. The highest BCUT2D eigenvalue weighted by molar-refractivity contribution is 6.74. The fraction of sp³-hybridized carbons (Fsp3) is 0.941. The summed E-state index contributed by atoms with van der Waals surface area (Å²) in [6.07, 6.45) is 0.514. The van der Waals surface area contributed by atoms with Crippen molar-refractivity contribution in [2.45, 2.75) is 77.7 Å². The Morgan fingerprint density at radius 1 is 1.22 bits per heavy atom. The Hall–Kier alpha value is -0.593. The highest BCUT2D eigenvalue weighted by Crippen LogP contribution is 2.37. The van der Waals surface area contributed by atoms with Gasteiger partial charge in [0.1, 0.15) is 5.60 Å². The van der Waals surface area contributed by atoms with Gasteiger partial charge in [-0.05, 0) is 45.3 Å². The van der Waals surface area contributed by atoms with Crippen molar-refractivity contribution < 1.29 is 18.7 Å². The lowest BCUT2D eigenvalue weighted by atomic mass is 9.96. The quantitative estimate of drug-likeness (QED) is 0.784. The molecular formula is C17H35NO4Si. The number of nitrogens with one attached hydrogen (secondary N) is 1. The molecule has 0 aliphatic carbocycles. The second kappa shape index (κ2) is 7.53. The van der Waals surface area contributed by atoms with Crippen molar-refractivity contribution in [3.8, 4) is 0 Å². The van der Waals surface area contributed by atoms with E-state index in [1.807, 2.05) is 20.8 Å². The van der Waals surface area contributed by atoms with Crippen LogP contribution in [0.1, 0.15) is 48.0 Å². The molecule has 0 aromatic heterocycles. The fourth-order valence-electron chi connectivity index (χ4n) is 2.13. The summed E-state index contributed by atoms with van der Waals surface area (Å²) in [4.78, 5) is 12.0. The van der Waals surface area contributed by atoms with Crippen LogP contribution in [0.5, 0.6) is 0 Å². The van der Waals surface area contributed by atoms with Gasteiger partial charge in [0, 0.05) is 19.1 Å². The lowest BCUT2D eigenvalue weighted by molar-refractivity contribution is 0.00601. The third kappa shape index (κ3) is 6.81. The van der Waals surface area contributed by atoms with Crippen molar-refractivity contribution in [3.05, 3.63) is 0 Å². The van der Waals surface area contributed by atoms with E-state index in [1.165, 1.54) is 0 Å². The number of hydrogen-bond acceptors (Lipinski definition) is 4. The standard InChI is InChI=1S/C17H35NO4Si/c1-16(2,3)22-15(19)18-14-12-20-10-9-13(14)11-21-23(7,8)17(4,5)6/h13-14H,9-12H2,1-8H3,(H,18,19)/t13-,14+/m0/s1. The molecule has 1 aliphatic rings. The van der Waals surface area contributed by atoms with E-state index in [4.69, 9.17) is 13.9 Å². The van der Waals surface area contributed by atoms with Crippen LogP contribution in [0.2, 0.25) is 18.1 Å². The maximum Gasteiger partial charge on any atom is 0.407 e. The van der Waals surface area contributed by atoms with Gasteiger partial charge in [-0.2, -0.15) is 0 Å². The molecule has 1 aliphatic heterocycles. The first-order valence-electron chi connectivity index (χ1n) is 8.53. The summed E-state index contributed by atoms with van der Waals surface area (Å²) in [5.41, 5.74) is -0.493. The molecule has 1 fully saturated rings. The predicted molar refractivity (Wildman–Crippen MR) is 95.2 cm³/mol. The first-order valence-corrected chi connectivity index (χ1v) is 11.4. The van der Waals surface area contributed by atoms with Crippen molar-refractivity contribution in [1.82, 2.24) is 5.32 Å². The fourth-order valence-corrected chi connectivity index (χ4v) is 3.20. The van der Waals surface area contributed by atoms with Crippen LogP contribution < -0.4 is 5.32 Å². The van der Waals surface area contributed by atoms with E-state index in [0.717, 1.165) is 13.0 Å². The van der Waals surface area contributed by atoms with Crippen LogP contribution in [0.4, 0.5) is 4.79 Å². The number of hydrogen-bond donors (Lipinski definition) is 1. The van der Waals surface area contributed by atoms with E-state index in [-0.39, 0.29) is 23.1 Å². The minimum Gasteiger partial charge on any atom is -0.444 e. The van der Waals surface area contributed by atoms with E-state index >= 15 is 0 Å². The normalized spacial score (nSPS) is 23.5. The Balaban J connectivity index is 2.60. The highest BCUT2D eigenvalue weighted by Gasteiger charge is 2.39. The van der Waals surface area contributed by atoms with E-state index in [9.17, 15) is 4.79 Å². The molecule has 136 valence electrons. The smallest absolute Gasteiger partial charge is 0.407 e. The van der Waals surface area contributed by atoms with Crippen LogP contribution in [0.15, 0.2) is 0 Å². The second-order valence-electron chi connectivity index (χ2n) is 8.95. The van der Waals surface area contributed by atoms with Crippen LogP contribution >= 0.6 is 0 Å². The number of rotatable bonds is 4. The molecule has 1 saturated heterocycles. The lowest BCUT2D eigenvalue weighted by Gasteiger charge is -2.39. The van der Waals surface area contributed by atoms with Crippen molar-refractivity contribution in [2.75, 3.05) is 19.8 Å². The number of carbonyl (C=O) groups is 1. The van der Waals surface area contributed by atoms with Gasteiger partial charge in [0.15, 0.2) is 8.32 Å². The van der Waals surface area contributed by atoms with E-state index < -0.39 is 13.9 Å². The van der Waals surface area contributed by atoms with Crippen LogP contribution in [0.25, 0.3) is 0 Å². The molecule has 0 saturated carbocycles. The zero-order valence-corrected chi connectivity index (χ0v) is 17.1. The van der Waals surface area contributed by atoms with Gasteiger partial charge < -0.3 is 19.2 Å². The average molecular weight is 346 g/mol. The maximum absolute atomic E-state index is 12.0. The molecule has 0 radical (unpaired) electrons. The van der Waals surface area contributed by atoms with Gasteiger partial charge in [0.2, 0.25) is 0 Å². The van der Waals surface area contributed by atoms with Gasteiger partial charge in [-0.3, -0.25) is 0 Å². The van der Waals surface area contributed by atoms with Crippen LogP contribution in [0, 0.1) is 5.92 Å². The molecule has 1 amide bonds. The van der Waals surface area contributed by atoms with Crippen molar-refractivity contribution in [1.29, 1.82) is 0 Å². The molecule has 23 heavy (non-hydrogen) atoms. The number of alkyl carbamates (subject to hydrolysis) is 1. The summed E-state index contributed by atoms with van der Waals surface area (Å²) in [5, 5.41) is 3.14. The van der Waals surface area contributed by atoms with Gasteiger partial charge in [0.05, 0.1) is 12.6 Å². The van der Waals surface area contributed by atoms with Gasteiger partial charge in [-0.15, -0.1) is 0 Å². The maximum atomic E-state index is 12.0. The molecule has 0 bridgehead atoms. The Bertz CT molecular complexity index is 398. The molecule has 5 nitrogen and oxygen atoms in total. The lowest BCUT2D eigenvalue weighted by Crippen LogP contribution is -2.51. The molecule has 6 heteroatoms. The topological polar surface area (TPSA) is 56.8 Å². The van der Waals surface area contributed by atoms with Crippen molar-refractivity contribution in [3.63, 3.8) is 0 Å². The summed E-state index contributed by atoms with van der Waals surface area (Å²) >= 11 is 0. The Labute approximate surface area is 142 Å². The van der Waals surface area contributed by atoms with Crippen LogP contribution in [-0.4, -0.2) is 45.9 Å². The molecule has 0 spiro atoms. The largest absolute Gasteiger partial charge is 0.444 e. The third-order valence-corrected chi connectivity index (χ3v) is 9.17. The predicted octanol–water partition coefficient (Wildman–Crippen LogP) is 3.94. The van der Waals surface area contributed by atoms with Gasteiger partial charge in [0.25, 0.3) is 0 Å². The summed E-state index contributed by atoms with van der Waals surface area (Å²) in [6, 6.07) is -0.0524. The van der Waals surface area contributed by atoms with E-state index in [1.54, 1.807) is 0 Å². The van der Waals surface area contributed by atoms with Gasteiger partial charge in [-0.1, -0.05) is 20.8 Å². The number of ether oxygens (including phenoxy) is 2. The van der Waals surface area contributed by atoms with Gasteiger partial charge in [-0.25, -0.2) is 4.79 Å². The SMILES string of the molecule is CC(C)(C)OC(=O)N[C@@H]1COCC[C@H]1CO[Si](C)(C)C(C)(C)C. The summed E-state index contributed by atoms with van der Waals surface area (Å²) in [5.74, 6) is 0.269. The van der Waals surface area contributed by atoms with Crippen molar-refractivity contribution in [2.24, 2.45) is 5.92 Å². The monoisotopic (exact) mass is 345 g/mol.